The zero-order valence-corrected chi connectivity index (χ0v) is 14.6. The summed E-state index contributed by atoms with van der Waals surface area (Å²) >= 11 is 3.37. The largest absolute Gasteiger partial charge is 0.304 e. The summed E-state index contributed by atoms with van der Waals surface area (Å²) in [5.41, 5.74) is 5.18. The second-order valence-corrected chi connectivity index (χ2v) is 8.03. The van der Waals surface area contributed by atoms with Crippen molar-refractivity contribution >= 4 is 31.7 Å². The fourth-order valence-corrected chi connectivity index (χ4v) is 3.55. The quantitative estimate of drug-likeness (QED) is 0.863. The first-order chi connectivity index (χ1) is 10.8. The summed E-state index contributed by atoms with van der Waals surface area (Å²) in [5.74, 6) is -0.359. The average Bonchev–Trinajstić information content (AvgIpc) is 2.94. The lowest BCUT2D eigenvalue weighted by atomic mass is 10.1. The van der Waals surface area contributed by atoms with Gasteiger partial charge in [0.15, 0.2) is 0 Å². The van der Waals surface area contributed by atoms with Crippen molar-refractivity contribution in [1.82, 2.24) is 9.84 Å². The fraction of sp³-hybridized carbons (Fsp3) is 0.125. The van der Waals surface area contributed by atoms with E-state index in [-0.39, 0.29) is 5.82 Å². The zero-order valence-electron chi connectivity index (χ0n) is 12.2. The molecule has 2 aromatic carbocycles. The molecule has 1 aliphatic heterocycles. The third-order valence-electron chi connectivity index (χ3n) is 3.53. The second kappa shape index (κ2) is 6.07. The summed E-state index contributed by atoms with van der Waals surface area (Å²) in [6.45, 7) is 0. The maximum atomic E-state index is 13.1. The van der Waals surface area contributed by atoms with Gasteiger partial charge in [-0.3, -0.25) is 0 Å². The molecule has 120 valence electrons. The molecule has 0 amide bonds. The minimum Gasteiger partial charge on any atom is -0.304 e. The van der Waals surface area contributed by atoms with Crippen LogP contribution in [0.1, 0.15) is 17.2 Å². The Kier molecular flexibility index (Phi) is 4.27. The molecule has 0 bridgehead atoms. The van der Waals surface area contributed by atoms with Gasteiger partial charge in [-0.2, -0.15) is 0 Å². The van der Waals surface area contributed by atoms with Crippen LogP contribution in [0, 0.1) is 5.82 Å². The maximum absolute atomic E-state index is 13.1. The van der Waals surface area contributed by atoms with Gasteiger partial charge >= 0.3 is 0 Å². The van der Waals surface area contributed by atoms with E-state index in [9.17, 15) is 12.8 Å². The molecule has 3 rings (SSSR count). The van der Waals surface area contributed by atoms with Gasteiger partial charge < -0.3 is 5.43 Å². The van der Waals surface area contributed by atoms with Crippen LogP contribution in [0.3, 0.4) is 0 Å². The number of benzene rings is 2. The first-order valence-electron chi connectivity index (χ1n) is 6.84. The van der Waals surface area contributed by atoms with Gasteiger partial charge in [0.25, 0.3) is 0 Å². The normalized spacial score (nSPS) is 18.6. The molecule has 7 heteroatoms. The van der Waals surface area contributed by atoms with Crippen LogP contribution in [0.4, 0.5) is 4.39 Å². The molecular weight excluding hydrogens is 383 g/mol. The molecule has 0 aliphatic carbocycles. The number of sulfonamides is 1. The Morgan fingerprint density at radius 3 is 2.26 bits per heavy atom. The number of hydrogen-bond acceptors (Lipinski definition) is 3. The number of halogens is 2. The van der Waals surface area contributed by atoms with Gasteiger partial charge in [-0.25, -0.2) is 12.8 Å². The predicted octanol–water partition coefficient (Wildman–Crippen LogP) is 3.45. The van der Waals surface area contributed by atoms with Crippen LogP contribution in [-0.2, 0) is 10.0 Å². The molecule has 0 saturated carbocycles. The summed E-state index contributed by atoms with van der Waals surface area (Å²) in [6, 6.07) is 12.8. The van der Waals surface area contributed by atoms with Gasteiger partial charge in [-0.05, 0) is 41.5 Å². The van der Waals surface area contributed by atoms with E-state index in [2.05, 4.69) is 21.4 Å². The second-order valence-electron chi connectivity index (χ2n) is 5.25. The van der Waals surface area contributed by atoms with Crippen LogP contribution >= 0.6 is 15.9 Å². The molecule has 1 atom stereocenters. The van der Waals surface area contributed by atoms with E-state index in [1.165, 1.54) is 16.5 Å². The standard InChI is InChI=1S/C16H14BrFN2O2S/c1-23(21,22)20-16(12-4-8-14(18)9-5-12)10-15(19-20)11-2-6-13(17)7-3-11/h2-10,16,19H,1H3/t16-/m1/s1. The van der Waals surface area contributed by atoms with Crippen molar-refractivity contribution in [3.63, 3.8) is 0 Å². The SMILES string of the molecule is CS(=O)(=O)N1NC(c2ccc(Br)cc2)=C[C@@H]1c1ccc(F)cc1. The molecule has 4 nitrogen and oxygen atoms in total. The molecule has 1 N–H and O–H groups in total. The smallest absolute Gasteiger partial charge is 0.228 e. The van der Waals surface area contributed by atoms with E-state index in [0.29, 0.717) is 11.3 Å². The Bertz CT molecular complexity index is 849. The summed E-state index contributed by atoms with van der Waals surface area (Å²) in [7, 11) is -3.49. The van der Waals surface area contributed by atoms with E-state index < -0.39 is 16.1 Å². The monoisotopic (exact) mass is 396 g/mol. The van der Waals surface area contributed by atoms with Crippen molar-refractivity contribution in [1.29, 1.82) is 0 Å². The molecule has 0 unspecified atom stereocenters. The molecule has 23 heavy (non-hydrogen) atoms. The van der Waals surface area contributed by atoms with Crippen LogP contribution in [0.15, 0.2) is 59.1 Å². The van der Waals surface area contributed by atoms with Gasteiger partial charge in [-0.1, -0.05) is 40.2 Å². The molecule has 0 spiro atoms. The highest BCUT2D eigenvalue weighted by molar-refractivity contribution is 9.10. The molecule has 2 aromatic rings. The molecule has 1 heterocycles. The molecule has 1 aliphatic rings. The summed E-state index contributed by atoms with van der Waals surface area (Å²) in [5, 5.41) is 0. The van der Waals surface area contributed by atoms with Crippen LogP contribution in [0.25, 0.3) is 5.70 Å². The van der Waals surface area contributed by atoms with Crippen LogP contribution in [-0.4, -0.2) is 19.1 Å². The highest BCUT2D eigenvalue weighted by atomic mass is 79.9. The average molecular weight is 397 g/mol. The number of hydrazine groups is 1. The zero-order chi connectivity index (χ0) is 16.6. The van der Waals surface area contributed by atoms with Crippen molar-refractivity contribution in [3.05, 3.63) is 76.0 Å². The third-order valence-corrected chi connectivity index (χ3v) is 5.09. The first kappa shape index (κ1) is 16.2. The molecule has 0 radical (unpaired) electrons. The highest BCUT2D eigenvalue weighted by Crippen LogP contribution is 2.33. The molecule has 0 fully saturated rings. The Hall–Kier alpha value is -1.70. The molecule has 0 aromatic heterocycles. The summed E-state index contributed by atoms with van der Waals surface area (Å²) in [6.07, 6.45) is 2.95. The minimum absolute atomic E-state index is 0.359. The molecular formula is C16H14BrFN2O2S. The third kappa shape index (κ3) is 3.46. The Balaban J connectivity index is 2.02. The number of nitrogens with zero attached hydrogens (tertiary/aromatic N) is 1. The highest BCUT2D eigenvalue weighted by Gasteiger charge is 2.33. The van der Waals surface area contributed by atoms with Gasteiger partial charge in [-0.15, -0.1) is 4.41 Å². The van der Waals surface area contributed by atoms with Crippen molar-refractivity contribution in [3.8, 4) is 0 Å². The number of nitrogens with one attached hydrogen (secondary N) is 1. The van der Waals surface area contributed by atoms with E-state index in [1.807, 2.05) is 30.3 Å². The minimum atomic E-state index is -3.49. The van der Waals surface area contributed by atoms with Gasteiger partial charge in [0.2, 0.25) is 10.0 Å². The maximum Gasteiger partial charge on any atom is 0.228 e. The lowest BCUT2D eigenvalue weighted by molar-refractivity contribution is 0.351. The number of hydrogen-bond donors (Lipinski definition) is 1. The topological polar surface area (TPSA) is 49.4 Å². The van der Waals surface area contributed by atoms with Crippen LogP contribution in [0.2, 0.25) is 0 Å². The lowest BCUT2D eigenvalue weighted by Crippen LogP contribution is -2.38. The Labute approximate surface area is 142 Å². The summed E-state index contributed by atoms with van der Waals surface area (Å²) in [4.78, 5) is 0. The van der Waals surface area contributed by atoms with Crippen molar-refractivity contribution in [2.24, 2.45) is 0 Å². The summed E-state index contributed by atoms with van der Waals surface area (Å²) < 4.78 is 39.4. The van der Waals surface area contributed by atoms with Crippen molar-refractivity contribution < 1.29 is 12.8 Å². The Morgan fingerprint density at radius 1 is 1.09 bits per heavy atom. The van der Waals surface area contributed by atoms with Gasteiger partial charge in [0, 0.05) is 4.47 Å². The van der Waals surface area contributed by atoms with Gasteiger partial charge in [0.05, 0.1) is 18.0 Å². The van der Waals surface area contributed by atoms with E-state index in [1.54, 1.807) is 12.1 Å². The first-order valence-corrected chi connectivity index (χ1v) is 9.48. The fourth-order valence-electron chi connectivity index (χ4n) is 2.42. The van der Waals surface area contributed by atoms with Crippen molar-refractivity contribution in [2.75, 3.05) is 6.26 Å². The molecule has 0 saturated heterocycles. The van der Waals surface area contributed by atoms with Crippen LogP contribution < -0.4 is 5.43 Å². The number of rotatable bonds is 3. The van der Waals surface area contributed by atoms with E-state index in [4.69, 9.17) is 0 Å². The van der Waals surface area contributed by atoms with Crippen LogP contribution in [0.5, 0.6) is 0 Å². The van der Waals surface area contributed by atoms with E-state index in [0.717, 1.165) is 16.3 Å². The van der Waals surface area contributed by atoms with Gasteiger partial charge in [0.1, 0.15) is 5.82 Å². The van der Waals surface area contributed by atoms with E-state index >= 15 is 0 Å². The van der Waals surface area contributed by atoms with Crippen molar-refractivity contribution in [2.45, 2.75) is 6.04 Å². The predicted molar refractivity (Wildman–Crippen MR) is 91.1 cm³/mol. The Morgan fingerprint density at radius 2 is 1.70 bits per heavy atom. The lowest BCUT2D eigenvalue weighted by Gasteiger charge is -2.22.